The second-order valence-electron chi connectivity index (χ2n) is 4.97. The third kappa shape index (κ3) is 5.54. The molecule has 1 rings (SSSR count). The molecule has 0 aliphatic heterocycles. The van der Waals surface area contributed by atoms with E-state index < -0.39 is 0 Å². The Labute approximate surface area is 122 Å². The number of nitrogens with two attached hydrogens (primary N) is 1. The molecule has 0 aromatic carbocycles. The van der Waals surface area contributed by atoms with Crippen molar-refractivity contribution in [3.63, 3.8) is 0 Å². The normalized spacial score (nSPS) is 14.4. The van der Waals surface area contributed by atoms with Crippen LogP contribution in [0.2, 0.25) is 0 Å². The fraction of sp³-hybridized carbons (Fsp3) is 0.667. The van der Waals surface area contributed by atoms with Crippen LogP contribution in [0, 0.1) is 0 Å². The van der Waals surface area contributed by atoms with Gasteiger partial charge < -0.3 is 15.2 Å². The molecule has 0 radical (unpaired) electrons. The van der Waals surface area contributed by atoms with Gasteiger partial charge in [0.1, 0.15) is 0 Å². The minimum Gasteiger partial charge on any atom is -0.385 e. The second-order valence-corrected chi connectivity index (χ2v) is 4.97. The molecule has 0 saturated carbocycles. The van der Waals surface area contributed by atoms with Crippen LogP contribution in [-0.4, -0.2) is 56.4 Å². The van der Waals surface area contributed by atoms with Crippen LogP contribution in [0.3, 0.4) is 0 Å². The van der Waals surface area contributed by atoms with E-state index in [-0.39, 0.29) is 12.1 Å². The summed E-state index contributed by atoms with van der Waals surface area (Å²) in [7, 11) is 3.45. The number of hydrogen-bond donors (Lipinski definition) is 1. The summed E-state index contributed by atoms with van der Waals surface area (Å²) in [5, 5.41) is 0. The van der Waals surface area contributed by atoms with Crippen molar-refractivity contribution in [3.05, 3.63) is 30.1 Å². The maximum Gasteiger partial charge on any atom is 0.0589 e. The lowest BCUT2D eigenvalue weighted by Crippen LogP contribution is -2.42. The van der Waals surface area contributed by atoms with Crippen molar-refractivity contribution in [2.75, 3.05) is 40.5 Å². The van der Waals surface area contributed by atoms with Gasteiger partial charge in [0, 0.05) is 52.4 Å². The third-order valence-electron chi connectivity index (χ3n) is 3.29. The number of aromatic nitrogens is 1. The maximum atomic E-state index is 6.20. The molecule has 0 aliphatic rings. The standard InChI is InChI=1S/C15H27N3O2/c1-13(16)15(14-6-4-7-17-12-14)18(9-11-20-3)8-5-10-19-2/h4,6-7,12-13,15H,5,8-11,16H2,1-3H3. The lowest BCUT2D eigenvalue weighted by atomic mass is 10.0. The van der Waals surface area contributed by atoms with Crippen molar-refractivity contribution < 1.29 is 9.47 Å². The average Bonchev–Trinajstić information content (AvgIpc) is 2.45. The van der Waals surface area contributed by atoms with E-state index in [1.807, 2.05) is 19.2 Å². The number of ether oxygens (including phenoxy) is 2. The molecule has 0 aliphatic carbocycles. The van der Waals surface area contributed by atoms with Crippen LogP contribution in [0.25, 0.3) is 0 Å². The molecule has 5 heteroatoms. The van der Waals surface area contributed by atoms with Crippen LogP contribution in [0.1, 0.15) is 24.9 Å². The first-order valence-corrected chi connectivity index (χ1v) is 7.08. The summed E-state index contributed by atoms with van der Waals surface area (Å²) in [6.45, 7) is 5.26. The molecule has 1 aromatic rings. The Kier molecular flexibility index (Phi) is 8.37. The van der Waals surface area contributed by atoms with E-state index >= 15 is 0 Å². The van der Waals surface area contributed by atoms with Crippen molar-refractivity contribution >= 4 is 0 Å². The lowest BCUT2D eigenvalue weighted by molar-refractivity contribution is 0.0980. The number of rotatable bonds is 10. The van der Waals surface area contributed by atoms with E-state index in [0.29, 0.717) is 6.61 Å². The SMILES string of the molecule is COCCCN(CCOC)C(c1cccnc1)C(C)N. The molecule has 2 atom stereocenters. The van der Waals surface area contributed by atoms with Gasteiger partial charge in [-0.15, -0.1) is 0 Å². The predicted octanol–water partition coefficient (Wildman–Crippen LogP) is 1.45. The number of pyridine rings is 1. The van der Waals surface area contributed by atoms with Crippen LogP contribution in [0.5, 0.6) is 0 Å². The highest BCUT2D eigenvalue weighted by Gasteiger charge is 2.23. The molecular formula is C15H27N3O2. The number of hydrogen-bond acceptors (Lipinski definition) is 5. The summed E-state index contributed by atoms with van der Waals surface area (Å²) < 4.78 is 10.4. The number of methoxy groups -OCH3 is 2. The van der Waals surface area contributed by atoms with Gasteiger partial charge in [0.2, 0.25) is 0 Å². The van der Waals surface area contributed by atoms with Crippen molar-refractivity contribution in [2.24, 2.45) is 5.73 Å². The van der Waals surface area contributed by atoms with Crippen LogP contribution in [-0.2, 0) is 9.47 Å². The molecule has 0 saturated heterocycles. The fourth-order valence-corrected chi connectivity index (χ4v) is 2.41. The van der Waals surface area contributed by atoms with E-state index in [9.17, 15) is 0 Å². The molecule has 2 N–H and O–H groups in total. The first-order chi connectivity index (χ1) is 9.70. The summed E-state index contributed by atoms with van der Waals surface area (Å²) in [6, 6.07) is 4.21. The van der Waals surface area contributed by atoms with Gasteiger partial charge in [0.25, 0.3) is 0 Å². The highest BCUT2D eigenvalue weighted by Crippen LogP contribution is 2.22. The van der Waals surface area contributed by atoms with Crippen molar-refractivity contribution in [1.29, 1.82) is 0 Å². The zero-order valence-corrected chi connectivity index (χ0v) is 12.8. The molecule has 2 unspecified atom stereocenters. The molecule has 0 bridgehead atoms. The molecule has 0 amide bonds. The topological polar surface area (TPSA) is 60.6 Å². The van der Waals surface area contributed by atoms with Gasteiger partial charge in [0.15, 0.2) is 0 Å². The molecule has 1 aromatic heterocycles. The Bertz CT molecular complexity index is 346. The fourth-order valence-electron chi connectivity index (χ4n) is 2.41. The van der Waals surface area contributed by atoms with E-state index in [0.717, 1.165) is 31.7 Å². The zero-order chi connectivity index (χ0) is 14.8. The van der Waals surface area contributed by atoms with E-state index in [4.69, 9.17) is 15.2 Å². The lowest BCUT2D eigenvalue weighted by Gasteiger charge is -2.34. The molecule has 20 heavy (non-hydrogen) atoms. The largest absolute Gasteiger partial charge is 0.385 e. The van der Waals surface area contributed by atoms with Gasteiger partial charge in [-0.1, -0.05) is 6.07 Å². The monoisotopic (exact) mass is 281 g/mol. The summed E-state index contributed by atoms with van der Waals surface area (Å²) in [4.78, 5) is 6.56. The van der Waals surface area contributed by atoms with Crippen LogP contribution in [0.15, 0.2) is 24.5 Å². The van der Waals surface area contributed by atoms with Gasteiger partial charge >= 0.3 is 0 Å². The van der Waals surface area contributed by atoms with Crippen molar-refractivity contribution in [1.82, 2.24) is 9.88 Å². The summed E-state index contributed by atoms with van der Waals surface area (Å²) >= 11 is 0. The van der Waals surface area contributed by atoms with Gasteiger partial charge in [-0.2, -0.15) is 0 Å². The highest BCUT2D eigenvalue weighted by atomic mass is 16.5. The quantitative estimate of drug-likeness (QED) is 0.658. The minimum absolute atomic E-state index is 0.0265. The smallest absolute Gasteiger partial charge is 0.0589 e. The van der Waals surface area contributed by atoms with Gasteiger partial charge in [-0.25, -0.2) is 0 Å². The molecular weight excluding hydrogens is 254 g/mol. The Morgan fingerprint density at radius 2 is 2.00 bits per heavy atom. The summed E-state index contributed by atoms with van der Waals surface area (Å²) in [6.07, 6.45) is 4.65. The van der Waals surface area contributed by atoms with Crippen LogP contribution in [0.4, 0.5) is 0 Å². The first kappa shape index (κ1) is 17.0. The second kappa shape index (κ2) is 9.83. The molecule has 114 valence electrons. The van der Waals surface area contributed by atoms with E-state index in [2.05, 4.69) is 16.0 Å². The van der Waals surface area contributed by atoms with Crippen LogP contribution < -0.4 is 5.73 Å². The van der Waals surface area contributed by atoms with Crippen molar-refractivity contribution in [3.8, 4) is 0 Å². The van der Waals surface area contributed by atoms with Gasteiger partial charge in [-0.3, -0.25) is 9.88 Å². The van der Waals surface area contributed by atoms with Crippen molar-refractivity contribution in [2.45, 2.75) is 25.4 Å². The first-order valence-electron chi connectivity index (χ1n) is 7.08. The van der Waals surface area contributed by atoms with E-state index in [1.54, 1.807) is 20.4 Å². The molecule has 5 nitrogen and oxygen atoms in total. The molecule has 1 heterocycles. The third-order valence-corrected chi connectivity index (χ3v) is 3.29. The summed E-state index contributed by atoms with van der Waals surface area (Å²) in [5.74, 6) is 0. The average molecular weight is 281 g/mol. The minimum atomic E-state index is 0.0265. The molecule has 0 fully saturated rings. The van der Waals surface area contributed by atoms with Gasteiger partial charge in [-0.05, 0) is 25.0 Å². The Hall–Kier alpha value is -1.01. The molecule has 0 spiro atoms. The Morgan fingerprint density at radius 3 is 2.55 bits per heavy atom. The Balaban J connectivity index is 2.80. The maximum absolute atomic E-state index is 6.20. The Morgan fingerprint density at radius 1 is 1.25 bits per heavy atom. The predicted molar refractivity (Wildman–Crippen MR) is 80.6 cm³/mol. The summed E-state index contributed by atoms with van der Waals surface area (Å²) in [5.41, 5.74) is 7.35. The van der Waals surface area contributed by atoms with Gasteiger partial charge in [0.05, 0.1) is 12.6 Å². The number of nitrogens with zero attached hydrogens (tertiary/aromatic N) is 2. The van der Waals surface area contributed by atoms with Crippen LogP contribution >= 0.6 is 0 Å². The zero-order valence-electron chi connectivity index (χ0n) is 12.8. The van der Waals surface area contributed by atoms with E-state index in [1.165, 1.54) is 0 Å². The highest BCUT2D eigenvalue weighted by molar-refractivity contribution is 5.16.